The highest BCUT2D eigenvalue weighted by Crippen LogP contribution is 2.43. The maximum atomic E-state index is 13.3. The quantitative estimate of drug-likeness (QED) is 0.903. The van der Waals surface area contributed by atoms with Gasteiger partial charge in [-0.15, -0.1) is 11.3 Å². The molecule has 4 rings (SSSR count). The number of aromatic nitrogens is 1. The van der Waals surface area contributed by atoms with Crippen molar-refractivity contribution in [1.82, 2.24) is 9.88 Å². The SMILES string of the molecule is Cc1ccc(-c2sc(C)nc2C(=O)N2C[C@@H]3CCC[C@@H]3[C@H]2C(N)=O)cc1. The van der Waals surface area contributed by atoms with Crippen LogP contribution in [0.25, 0.3) is 10.4 Å². The smallest absolute Gasteiger partial charge is 0.274 e. The van der Waals surface area contributed by atoms with Crippen molar-refractivity contribution in [3.05, 3.63) is 40.5 Å². The zero-order chi connectivity index (χ0) is 18.4. The lowest BCUT2D eigenvalue weighted by molar-refractivity contribution is -0.122. The van der Waals surface area contributed by atoms with Gasteiger partial charge >= 0.3 is 0 Å². The number of amides is 2. The van der Waals surface area contributed by atoms with Crippen LogP contribution >= 0.6 is 11.3 Å². The number of carbonyl (C=O) groups excluding carboxylic acids is 2. The molecule has 26 heavy (non-hydrogen) atoms. The summed E-state index contributed by atoms with van der Waals surface area (Å²) in [6, 6.07) is 7.60. The summed E-state index contributed by atoms with van der Waals surface area (Å²) in [5.74, 6) is 0.0396. The van der Waals surface area contributed by atoms with Gasteiger partial charge < -0.3 is 10.6 Å². The maximum absolute atomic E-state index is 13.3. The van der Waals surface area contributed by atoms with E-state index in [4.69, 9.17) is 5.73 Å². The predicted octanol–water partition coefficient (Wildman–Crippen LogP) is 3.15. The lowest BCUT2D eigenvalue weighted by Crippen LogP contribution is -2.46. The zero-order valence-corrected chi connectivity index (χ0v) is 15.9. The van der Waals surface area contributed by atoms with E-state index in [0.29, 0.717) is 18.2 Å². The summed E-state index contributed by atoms with van der Waals surface area (Å²) in [6.45, 7) is 4.55. The van der Waals surface area contributed by atoms with Gasteiger partial charge in [0.2, 0.25) is 5.91 Å². The highest BCUT2D eigenvalue weighted by atomic mass is 32.1. The van der Waals surface area contributed by atoms with Gasteiger partial charge in [0.15, 0.2) is 0 Å². The highest BCUT2D eigenvalue weighted by Gasteiger charge is 2.49. The Balaban J connectivity index is 1.70. The first kappa shape index (κ1) is 17.2. The van der Waals surface area contributed by atoms with Crippen LogP contribution in [-0.4, -0.2) is 34.3 Å². The second kappa shape index (κ2) is 6.50. The monoisotopic (exact) mass is 369 g/mol. The minimum Gasteiger partial charge on any atom is -0.368 e. The van der Waals surface area contributed by atoms with E-state index in [2.05, 4.69) is 4.98 Å². The van der Waals surface area contributed by atoms with Gasteiger partial charge in [-0.05, 0) is 44.1 Å². The largest absolute Gasteiger partial charge is 0.368 e. The van der Waals surface area contributed by atoms with Crippen LogP contribution in [0.3, 0.4) is 0 Å². The Morgan fingerprint density at radius 1 is 1.19 bits per heavy atom. The second-order valence-corrected chi connectivity index (χ2v) is 8.64. The zero-order valence-electron chi connectivity index (χ0n) is 15.1. The number of hydrogen-bond acceptors (Lipinski definition) is 4. The van der Waals surface area contributed by atoms with Crippen LogP contribution in [0.15, 0.2) is 24.3 Å². The van der Waals surface area contributed by atoms with E-state index in [1.165, 1.54) is 16.9 Å². The Bertz CT molecular complexity index is 858. The molecule has 0 spiro atoms. The van der Waals surface area contributed by atoms with Crippen LogP contribution in [0.5, 0.6) is 0 Å². The summed E-state index contributed by atoms with van der Waals surface area (Å²) in [5, 5.41) is 0.846. The van der Waals surface area contributed by atoms with Crippen molar-refractivity contribution in [2.75, 3.05) is 6.54 Å². The Labute approximate surface area is 157 Å². The topological polar surface area (TPSA) is 76.3 Å². The van der Waals surface area contributed by atoms with Crippen molar-refractivity contribution < 1.29 is 9.59 Å². The molecule has 2 aliphatic rings. The van der Waals surface area contributed by atoms with Crippen molar-refractivity contribution in [2.45, 2.75) is 39.2 Å². The molecule has 0 radical (unpaired) electrons. The molecule has 1 aliphatic carbocycles. The first-order valence-corrected chi connectivity index (χ1v) is 9.92. The lowest BCUT2D eigenvalue weighted by Gasteiger charge is -2.25. The number of primary amides is 1. The Morgan fingerprint density at radius 2 is 1.92 bits per heavy atom. The van der Waals surface area contributed by atoms with Crippen LogP contribution in [0.2, 0.25) is 0 Å². The van der Waals surface area contributed by atoms with Gasteiger partial charge in [0.1, 0.15) is 11.7 Å². The third-order valence-electron chi connectivity index (χ3n) is 5.69. The Kier molecular flexibility index (Phi) is 4.31. The minimum absolute atomic E-state index is 0.164. The average molecular weight is 369 g/mol. The molecule has 1 aliphatic heterocycles. The van der Waals surface area contributed by atoms with Crippen LogP contribution in [0, 0.1) is 25.7 Å². The molecule has 1 aromatic heterocycles. The predicted molar refractivity (Wildman–Crippen MR) is 102 cm³/mol. The number of aryl methyl sites for hydroxylation is 2. The summed E-state index contributed by atoms with van der Waals surface area (Å²) < 4.78 is 0. The van der Waals surface area contributed by atoms with E-state index in [1.54, 1.807) is 4.90 Å². The number of thiazole rings is 1. The molecule has 3 atom stereocenters. The molecule has 1 saturated heterocycles. The van der Waals surface area contributed by atoms with Crippen molar-refractivity contribution >= 4 is 23.2 Å². The fraction of sp³-hybridized carbons (Fsp3) is 0.450. The molecular weight excluding hydrogens is 346 g/mol. The van der Waals surface area contributed by atoms with Crippen molar-refractivity contribution in [1.29, 1.82) is 0 Å². The van der Waals surface area contributed by atoms with Gasteiger partial charge in [0, 0.05) is 6.54 Å². The molecule has 1 aromatic carbocycles. The van der Waals surface area contributed by atoms with Gasteiger partial charge in [-0.3, -0.25) is 9.59 Å². The summed E-state index contributed by atoms with van der Waals surface area (Å²) in [5.41, 5.74) is 8.28. The number of benzene rings is 1. The number of rotatable bonds is 3. The van der Waals surface area contributed by atoms with Gasteiger partial charge in [-0.2, -0.15) is 0 Å². The molecule has 0 bridgehead atoms. The highest BCUT2D eigenvalue weighted by molar-refractivity contribution is 7.15. The molecule has 5 nitrogen and oxygen atoms in total. The lowest BCUT2D eigenvalue weighted by atomic mass is 9.93. The minimum atomic E-state index is -0.497. The average Bonchev–Trinajstić information content (AvgIpc) is 3.28. The van der Waals surface area contributed by atoms with Crippen LogP contribution in [0.4, 0.5) is 0 Å². The number of likely N-dealkylation sites (tertiary alicyclic amines) is 1. The van der Waals surface area contributed by atoms with Crippen molar-refractivity contribution in [2.24, 2.45) is 17.6 Å². The molecule has 136 valence electrons. The molecule has 0 unspecified atom stereocenters. The number of carbonyl (C=O) groups is 2. The van der Waals surface area contributed by atoms with Gasteiger partial charge in [0.25, 0.3) is 5.91 Å². The summed E-state index contributed by atoms with van der Waals surface area (Å²) in [6.07, 6.45) is 3.16. The van der Waals surface area contributed by atoms with Crippen LogP contribution in [0.1, 0.15) is 40.3 Å². The van der Waals surface area contributed by atoms with Crippen molar-refractivity contribution in [3.8, 4) is 10.4 Å². The van der Waals surface area contributed by atoms with E-state index >= 15 is 0 Å². The van der Waals surface area contributed by atoms with Crippen molar-refractivity contribution in [3.63, 3.8) is 0 Å². The Morgan fingerprint density at radius 3 is 2.62 bits per heavy atom. The molecule has 1 saturated carbocycles. The molecule has 6 heteroatoms. The van der Waals surface area contributed by atoms with E-state index in [1.807, 2.05) is 38.1 Å². The molecule has 2 fully saturated rings. The number of nitrogens with zero attached hydrogens (tertiary/aromatic N) is 2. The molecule has 2 amide bonds. The van der Waals surface area contributed by atoms with E-state index in [-0.39, 0.29) is 11.8 Å². The summed E-state index contributed by atoms with van der Waals surface area (Å²) in [4.78, 5) is 32.5. The number of fused-ring (bicyclic) bond motifs is 1. The Hall–Kier alpha value is -2.21. The molecule has 2 aromatic rings. The number of nitrogens with two attached hydrogens (primary N) is 1. The third kappa shape index (κ3) is 2.82. The summed E-state index contributed by atoms with van der Waals surface area (Å²) in [7, 11) is 0. The summed E-state index contributed by atoms with van der Waals surface area (Å²) >= 11 is 1.52. The fourth-order valence-corrected chi connectivity index (χ4v) is 5.40. The van der Waals surface area contributed by atoms with E-state index in [0.717, 1.165) is 34.7 Å². The normalized spacial score (nSPS) is 24.7. The van der Waals surface area contributed by atoms with E-state index in [9.17, 15) is 9.59 Å². The van der Waals surface area contributed by atoms with Crippen LogP contribution in [-0.2, 0) is 4.79 Å². The standard InChI is InChI=1S/C20H23N3O2S/c1-11-6-8-13(9-7-11)18-16(22-12(2)26-18)20(25)23-10-14-4-3-5-15(14)17(23)19(21)24/h6-9,14-15,17H,3-5,10H2,1-2H3,(H2,21,24)/t14-,15-,17-/m0/s1. The fourth-order valence-electron chi connectivity index (χ4n) is 4.49. The molecule has 2 N–H and O–H groups in total. The van der Waals surface area contributed by atoms with Gasteiger partial charge in [-0.1, -0.05) is 36.2 Å². The van der Waals surface area contributed by atoms with Gasteiger partial charge in [0.05, 0.1) is 9.88 Å². The maximum Gasteiger partial charge on any atom is 0.274 e. The first-order chi connectivity index (χ1) is 12.5. The van der Waals surface area contributed by atoms with Gasteiger partial charge in [-0.25, -0.2) is 4.98 Å². The second-order valence-electron chi connectivity index (χ2n) is 7.44. The number of hydrogen-bond donors (Lipinski definition) is 1. The van der Waals surface area contributed by atoms with E-state index < -0.39 is 11.9 Å². The molecular formula is C20H23N3O2S. The first-order valence-electron chi connectivity index (χ1n) is 9.10. The molecule has 2 heterocycles. The van der Waals surface area contributed by atoms with Crippen LogP contribution < -0.4 is 5.73 Å². The third-order valence-corrected chi connectivity index (χ3v) is 6.71.